The zero-order valence-corrected chi connectivity index (χ0v) is 14.0. The summed E-state index contributed by atoms with van der Waals surface area (Å²) in [5, 5.41) is 3.47. The number of pyridine rings is 1. The third-order valence-electron chi connectivity index (χ3n) is 3.28. The van der Waals surface area contributed by atoms with Gasteiger partial charge in [-0.1, -0.05) is 29.8 Å². The normalized spacial score (nSPS) is 10.6. The van der Waals surface area contributed by atoms with Gasteiger partial charge in [0.1, 0.15) is 11.5 Å². The van der Waals surface area contributed by atoms with Crippen LogP contribution in [0.25, 0.3) is 6.08 Å². The lowest BCUT2D eigenvalue weighted by atomic mass is 10.2. The van der Waals surface area contributed by atoms with E-state index in [0.717, 1.165) is 5.56 Å². The zero-order valence-electron chi connectivity index (χ0n) is 13.2. The topological polar surface area (TPSA) is 51.2 Å². The van der Waals surface area contributed by atoms with Crippen molar-refractivity contribution in [2.24, 2.45) is 0 Å². The highest BCUT2D eigenvalue weighted by atomic mass is 35.5. The molecule has 0 bridgehead atoms. The van der Waals surface area contributed by atoms with Gasteiger partial charge in [0.05, 0.1) is 0 Å². The average Bonchev–Trinajstić information content (AvgIpc) is 2.62. The van der Waals surface area contributed by atoms with Gasteiger partial charge in [-0.05, 0) is 48.0 Å². The van der Waals surface area contributed by atoms with Crippen molar-refractivity contribution in [3.05, 3.63) is 89.7 Å². The van der Waals surface area contributed by atoms with E-state index in [4.69, 9.17) is 16.3 Å². The summed E-state index contributed by atoms with van der Waals surface area (Å²) in [4.78, 5) is 16.0. The number of aromatic nitrogens is 1. The van der Waals surface area contributed by atoms with Crippen LogP contribution in [0.2, 0.25) is 5.02 Å². The van der Waals surface area contributed by atoms with Crippen LogP contribution in [0.3, 0.4) is 0 Å². The Kier molecular flexibility index (Phi) is 5.44. The number of carbonyl (C=O) groups is 1. The first-order chi connectivity index (χ1) is 12.2. The summed E-state index contributed by atoms with van der Waals surface area (Å²) in [6.07, 6.45) is 6.51. The van der Waals surface area contributed by atoms with Crippen LogP contribution in [0, 0.1) is 0 Å². The number of amides is 1. The molecular weight excluding hydrogens is 336 g/mol. The van der Waals surface area contributed by atoms with Crippen molar-refractivity contribution in [3.63, 3.8) is 0 Å². The number of carbonyl (C=O) groups excluding carboxylic acids is 1. The van der Waals surface area contributed by atoms with Gasteiger partial charge >= 0.3 is 0 Å². The first-order valence-electron chi connectivity index (χ1n) is 7.62. The smallest absolute Gasteiger partial charge is 0.248 e. The Morgan fingerprint density at radius 1 is 1.00 bits per heavy atom. The van der Waals surface area contributed by atoms with Gasteiger partial charge in [0.25, 0.3) is 0 Å². The number of hydrogen-bond acceptors (Lipinski definition) is 3. The Balaban J connectivity index is 1.63. The predicted molar refractivity (Wildman–Crippen MR) is 99.9 cm³/mol. The Morgan fingerprint density at radius 3 is 2.52 bits per heavy atom. The molecule has 0 radical (unpaired) electrons. The summed E-state index contributed by atoms with van der Waals surface area (Å²) in [5.41, 5.74) is 1.55. The van der Waals surface area contributed by atoms with Gasteiger partial charge in [-0.25, -0.2) is 0 Å². The standard InChI is InChI=1S/C20H15ClN2O2/c21-16-7-4-15(5-8-16)6-9-20(24)23-17-2-1-3-19(14-17)25-18-10-12-22-13-11-18/h1-14H,(H,23,24). The van der Waals surface area contributed by atoms with E-state index < -0.39 is 0 Å². The minimum Gasteiger partial charge on any atom is -0.457 e. The maximum Gasteiger partial charge on any atom is 0.248 e. The van der Waals surface area contributed by atoms with E-state index in [0.29, 0.717) is 22.2 Å². The molecule has 0 aliphatic rings. The SMILES string of the molecule is O=C(C=Cc1ccc(Cl)cc1)Nc1cccc(Oc2ccncc2)c1. The number of ether oxygens (including phenoxy) is 1. The van der Waals surface area contributed by atoms with E-state index in [-0.39, 0.29) is 5.91 Å². The predicted octanol–water partition coefficient (Wildman–Crippen LogP) is 5.18. The van der Waals surface area contributed by atoms with Gasteiger partial charge in [0.2, 0.25) is 5.91 Å². The molecule has 4 nitrogen and oxygen atoms in total. The van der Waals surface area contributed by atoms with Crippen LogP contribution >= 0.6 is 11.6 Å². The minimum absolute atomic E-state index is 0.226. The van der Waals surface area contributed by atoms with Crippen molar-refractivity contribution < 1.29 is 9.53 Å². The van der Waals surface area contributed by atoms with Gasteiger partial charge in [-0.15, -0.1) is 0 Å². The highest BCUT2D eigenvalue weighted by molar-refractivity contribution is 6.30. The number of anilines is 1. The van der Waals surface area contributed by atoms with Gasteiger partial charge in [-0.3, -0.25) is 9.78 Å². The van der Waals surface area contributed by atoms with Crippen molar-refractivity contribution in [3.8, 4) is 11.5 Å². The van der Waals surface area contributed by atoms with Crippen LogP contribution in [-0.2, 0) is 4.79 Å². The fraction of sp³-hybridized carbons (Fsp3) is 0. The van der Waals surface area contributed by atoms with Crippen molar-refractivity contribution in [1.82, 2.24) is 4.98 Å². The van der Waals surface area contributed by atoms with Crippen molar-refractivity contribution >= 4 is 29.3 Å². The summed E-state index contributed by atoms with van der Waals surface area (Å²) >= 11 is 5.84. The molecule has 0 unspecified atom stereocenters. The monoisotopic (exact) mass is 350 g/mol. The second-order valence-electron chi connectivity index (χ2n) is 5.19. The number of benzene rings is 2. The molecule has 124 valence electrons. The first-order valence-corrected chi connectivity index (χ1v) is 7.99. The molecule has 0 fully saturated rings. The second-order valence-corrected chi connectivity index (χ2v) is 5.62. The van der Waals surface area contributed by atoms with Crippen LogP contribution in [0.1, 0.15) is 5.56 Å². The van der Waals surface area contributed by atoms with Crippen LogP contribution < -0.4 is 10.1 Å². The van der Waals surface area contributed by atoms with Crippen LogP contribution in [0.5, 0.6) is 11.5 Å². The lowest BCUT2D eigenvalue weighted by Crippen LogP contribution is -2.07. The number of halogens is 1. The molecule has 25 heavy (non-hydrogen) atoms. The fourth-order valence-corrected chi connectivity index (χ4v) is 2.24. The molecule has 1 amide bonds. The molecule has 2 aromatic carbocycles. The van der Waals surface area contributed by atoms with E-state index in [2.05, 4.69) is 10.3 Å². The highest BCUT2D eigenvalue weighted by Crippen LogP contribution is 2.23. The lowest BCUT2D eigenvalue weighted by Gasteiger charge is -2.07. The molecule has 0 aliphatic heterocycles. The Hall–Kier alpha value is -3.11. The molecule has 0 spiro atoms. The fourth-order valence-electron chi connectivity index (χ4n) is 2.11. The van der Waals surface area contributed by atoms with Crippen LogP contribution in [0.15, 0.2) is 79.1 Å². The van der Waals surface area contributed by atoms with Crippen molar-refractivity contribution in [2.45, 2.75) is 0 Å². The largest absolute Gasteiger partial charge is 0.457 e. The summed E-state index contributed by atoms with van der Waals surface area (Å²) < 4.78 is 5.72. The van der Waals surface area contributed by atoms with E-state index in [1.807, 2.05) is 24.3 Å². The Labute approximate surface area is 150 Å². The van der Waals surface area contributed by atoms with Crippen LogP contribution in [0.4, 0.5) is 5.69 Å². The van der Waals surface area contributed by atoms with Gasteiger partial charge in [-0.2, -0.15) is 0 Å². The van der Waals surface area contributed by atoms with Crippen molar-refractivity contribution in [1.29, 1.82) is 0 Å². The second kappa shape index (κ2) is 8.13. The Morgan fingerprint density at radius 2 is 1.76 bits per heavy atom. The highest BCUT2D eigenvalue weighted by Gasteiger charge is 2.01. The molecule has 1 N–H and O–H groups in total. The summed E-state index contributed by atoms with van der Waals surface area (Å²) in [6, 6.07) is 18.0. The molecule has 3 rings (SSSR count). The molecule has 1 aromatic heterocycles. The summed E-state index contributed by atoms with van der Waals surface area (Å²) in [5.74, 6) is 1.09. The quantitative estimate of drug-likeness (QED) is 0.645. The minimum atomic E-state index is -0.226. The summed E-state index contributed by atoms with van der Waals surface area (Å²) in [7, 11) is 0. The molecule has 3 aromatic rings. The maximum atomic E-state index is 12.0. The molecule has 0 aliphatic carbocycles. The van der Waals surface area contributed by atoms with E-state index in [1.54, 1.807) is 54.9 Å². The van der Waals surface area contributed by atoms with E-state index >= 15 is 0 Å². The Bertz CT molecular complexity index is 878. The van der Waals surface area contributed by atoms with Crippen molar-refractivity contribution in [2.75, 3.05) is 5.32 Å². The number of nitrogens with zero attached hydrogens (tertiary/aromatic N) is 1. The molecule has 0 saturated carbocycles. The van der Waals surface area contributed by atoms with Gasteiger partial charge in [0, 0.05) is 35.2 Å². The molecule has 5 heteroatoms. The maximum absolute atomic E-state index is 12.0. The number of rotatable bonds is 5. The molecule has 0 saturated heterocycles. The van der Waals surface area contributed by atoms with E-state index in [9.17, 15) is 4.79 Å². The molecule has 1 heterocycles. The molecule has 0 atom stereocenters. The number of nitrogens with one attached hydrogen (secondary N) is 1. The number of hydrogen-bond donors (Lipinski definition) is 1. The zero-order chi connectivity index (χ0) is 17.5. The third-order valence-corrected chi connectivity index (χ3v) is 3.54. The average molecular weight is 351 g/mol. The summed E-state index contributed by atoms with van der Waals surface area (Å²) in [6.45, 7) is 0. The van der Waals surface area contributed by atoms with Gasteiger partial charge < -0.3 is 10.1 Å². The first kappa shape index (κ1) is 16.7. The third kappa shape index (κ3) is 5.19. The van der Waals surface area contributed by atoms with E-state index in [1.165, 1.54) is 6.08 Å². The lowest BCUT2D eigenvalue weighted by molar-refractivity contribution is -0.111. The van der Waals surface area contributed by atoms with Crippen LogP contribution in [-0.4, -0.2) is 10.9 Å². The molecular formula is C20H15ClN2O2. The van der Waals surface area contributed by atoms with Gasteiger partial charge in [0.15, 0.2) is 0 Å².